The molecule has 11 heteroatoms. The summed E-state index contributed by atoms with van der Waals surface area (Å²) in [5.74, 6) is -0.193. The molecule has 1 aliphatic rings. The summed E-state index contributed by atoms with van der Waals surface area (Å²) in [5, 5.41) is 6.65. The Morgan fingerprint density at radius 3 is 2.53 bits per heavy atom. The molecule has 0 spiro atoms. The summed E-state index contributed by atoms with van der Waals surface area (Å²) in [6, 6.07) is 8.14. The monoisotopic (exact) mass is 476 g/mol. The predicted octanol–water partition coefficient (Wildman–Crippen LogP) is 3.18. The Morgan fingerprint density at radius 2 is 1.91 bits per heavy atom. The Bertz CT molecular complexity index is 939. The highest BCUT2D eigenvalue weighted by Gasteiger charge is 2.25. The first kappa shape index (κ1) is 23.7. The summed E-state index contributed by atoms with van der Waals surface area (Å²) in [4.78, 5) is 32.1. The molecule has 2 aromatic rings. The van der Waals surface area contributed by atoms with Crippen LogP contribution in [0.15, 0.2) is 29.6 Å². The molecule has 172 valence electrons. The van der Waals surface area contributed by atoms with Gasteiger partial charge in [0.15, 0.2) is 5.11 Å². The number of nitrogens with one attached hydrogen (secondary N) is 3. The topological polar surface area (TPSA) is 98.8 Å². The van der Waals surface area contributed by atoms with Crippen LogP contribution in [0.1, 0.15) is 41.2 Å². The largest absolute Gasteiger partial charge is 0.449 e. The van der Waals surface area contributed by atoms with E-state index in [2.05, 4.69) is 43.1 Å². The molecule has 1 aromatic carbocycles. The molecule has 9 nitrogen and oxygen atoms in total. The van der Waals surface area contributed by atoms with Gasteiger partial charge in [0.1, 0.15) is 5.69 Å². The van der Waals surface area contributed by atoms with Crippen molar-refractivity contribution in [3.63, 3.8) is 0 Å². The molecular formula is C21H28N6O3S2. The van der Waals surface area contributed by atoms with E-state index in [9.17, 15) is 9.59 Å². The van der Waals surface area contributed by atoms with Gasteiger partial charge in [-0.1, -0.05) is 0 Å². The zero-order valence-corrected chi connectivity index (χ0v) is 20.0. The van der Waals surface area contributed by atoms with Crippen LogP contribution in [0.5, 0.6) is 0 Å². The standard InChI is InChI=1S/C21H28N6O3S2/c1-4-30-21(29)25-24-18(28)17-13-32-19(23-17)14-9-11-27(12-10-14)20(31)22-15-5-7-16(8-6-15)26(2)3/h5-8,13-14H,4,9-12H2,1-3H3,(H,22,31)(H,24,28)(H,25,29). The first-order valence-corrected chi connectivity index (χ1v) is 11.7. The molecule has 0 aliphatic carbocycles. The van der Waals surface area contributed by atoms with Crippen molar-refractivity contribution >= 4 is 52.0 Å². The Balaban J connectivity index is 1.47. The number of benzene rings is 1. The van der Waals surface area contributed by atoms with Crippen molar-refractivity contribution in [3.05, 3.63) is 40.3 Å². The Kier molecular flexibility index (Phi) is 8.23. The van der Waals surface area contributed by atoms with E-state index in [4.69, 9.17) is 17.0 Å². The zero-order chi connectivity index (χ0) is 23.1. The van der Waals surface area contributed by atoms with Gasteiger partial charge < -0.3 is 19.9 Å². The van der Waals surface area contributed by atoms with Gasteiger partial charge in [-0.15, -0.1) is 11.3 Å². The molecule has 1 aromatic heterocycles. The third-order valence-electron chi connectivity index (χ3n) is 5.07. The van der Waals surface area contributed by atoms with Crippen molar-refractivity contribution in [1.29, 1.82) is 0 Å². The number of hydrazine groups is 1. The Morgan fingerprint density at radius 1 is 1.22 bits per heavy atom. The third-order valence-corrected chi connectivity index (χ3v) is 6.44. The molecule has 2 amide bonds. The molecule has 32 heavy (non-hydrogen) atoms. The number of rotatable bonds is 5. The minimum absolute atomic E-state index is 0.225. The molecule has 1 fully saturated rings. The van der Waals surface area contributed by atoms with Crippen molar-refractivity contribution < 1.29 is 14.3 Å². The lowest BCUT2D eigenvalue weighted by Gasteiger charge is -2.33. The van der Waals surface area contributed by atoms with Crippen LogP contribution in [0, 0.1) is 0 Å². The number of ether oxygens (including phenoxy) is 1. The van der Waals surface area contributed by atoms with Gasteiger partial charge in [0.05, 0.1) is 11.6 Å². The molecular weight excluding hydrogens is 448 g/mol. The first-order chi connectivity index (χ1) is 15.4. The highest BCUT2D eigenvalue weighted by atomic mass is 32.1. The average Bonchev–Trinajstić information content (AvgIpc) is 3.28. The number of anilines is 2. The molecule has 0 unspecified atom stereocenters. The maximum atomic E-state index is 12.1. The second-order valence-electron chi connectivity index (χ2n) is 7.50. The highest BCUT2D eigenvalue weighted by Crippen LogP contribution is 2.30. The summed E-state index contributed by atoms with van der Waals surface area (Å²) in [6.45, 7) is 3.54. The molecule has 1 saturated heterocycles. The number of thiazole rings is 1. The van der Waals surface area contributed by atoms with E-state index in [-0.39, 0.29) is 18.2 Å². The number of thiocarbonyl (C=S) groups is 1. The SMILES string of the molecule is CCOC(=O)NNC(=O)c1csc(C2CCN(C(=S)Nc3ccc(N(C)C)cc3)CC2)n1. The second kappa shape index (κ2) is 11.1. The van der Waals surface area contributed by atoms with Crippen LogP contribution in [0.2, 0.25) is 0 Å². The number of aromatic nitrogens is 1. The van der Waals surface area contributed by atoms with E-state index >= 15 is 0 Å². The van der Waals surface area contributed by atoms with E-state index < -0.39 is 12.0 Å². The number of nitrogens with zero attached hydrogens (tertiary/aromatic N) is 3. The van der Waals surface area contributed by atoms with Crippen molar-refractivity contribution in [3.8, 4) is 0 Å². The van der Waals surface area contributed by atoms with Crippen LogP contribution in [-0.2, 0) is 4.74 Å². The zero-order valence-electron chi connectivity index (χ0n) is 18.4. The van der Waals surface area contributed by atoms with Crippen LogP contribution in [-0.4, -0.2) is 60.8 Å². The van der Waals surface area contributed by atoms with Gasteiger partial charge in [-0.25, -0.2) is 15.2 Å². The van der Waals surface area contributed by atoms with Crippen LogP contribution in [0.4, 0.5) is 16.2 Å². The summed E-state index contributed by atoms with van der Waals surface area (Å²) in [7, 11) is 4.02. The van der Waals surface area contributed by atoms with Crippen LogP contribution < -0.4 is 21.1 Å². The van der Waals surface area contributed by atoms with Crippen LogP contribution in [0.3, 0.4) is 0 Å². The fourth-order valence-corrected chi connectivity index (χ4v) is 4.57. The maximum absolute atomic E-state index is 12.1. The minimum Gasteiger partial charge on any atom is -0.449 e. The van der Waals surface area contributed by atoms with E-state index in [1.54, 1.807) is 12.3 Å². The summed E-state index contributed by atoms with van der Waals surface area (Å²) in [6.07, 6.45) is 1.09. The van der Waals surface area contributed by atoms with Gasteiger partial charge in [0.2, 0.25) is 0 Å². The molecule has 3 rings (SSSR count). The van der Waals surface area contributed by atoms with Crippen LogP contribution in [0.25, 0.3) is 0 Å². The highest BCUT2D eigenvalue weighted by molar-refractivity contribution is 7.80. The van der Waals surface area contributed by atoms with Crippen molar-refractivity contribution in [2.45, 2.75) is 25.7 Å². The number of hydrogen-bond acceptors (Lipinski definition) is 7. The molecule has 3 N–H and O–H groups in total. The number of likely N-dealkylation sites (tertiary alicyclic amines) is 1. The Hall–Kier alpha value is -2.92. The Labute approximate surface area is 197 Å². The smallest absolute Gasteiger partial charge is 0.426 e. The number of carbonyl (C=O) groups is 2. The van der Waals surface area contributed by atoms with Crippen molar-refractivity contribution in [1.82, 2.24) is 20.7 Å². The number of piperidine rings is 1. The second-order valence-corrected chi connectivity index (χ2v) is 8.78. The van der Waals surface area contributed by atoms with Gasteiger partial charge in [-0.05, 0) is 56.2 Å². The van der Waals surface area contributed by atoms with E-state index in [0.717, 1.165) is 42.3 Å². The average molecular weight is 477 g/mol. The van der Waals surface area contributed by atoms with E-state index in [1.807, 2.05) is 26.2 Å². The lowest BCUT2D eigenvalue weighted by molar-refractivity contribution is 0.0908. The quantitative estimate of drug-likeness (QED) is 0.447. The van der Waals surface area contributed by atoms with Gasteiger partial charge in [0.25, 0.3) is 5.91 Å². The summed E-state index contributed by atoms with van der Waals surface area (Å²) in [5.41, 5.74) is 6.87. The van der Waals surface area contributed by atoms with E-state index in [1.165, 1.54) is 11.3 Å². The van der Waals surface area contributed by atoms with Gasteiger partial charge in [-0.3, -0.25) is 10.2 Å². The van der Waals surface area contributed by atoms with Crippen molar-refractivity contribution in [2.24, 2.45) is 0 Å². The minimum atomic E-state index is -0.707. The lowest BCUT2D eigenvalue weighted by atomic mass is 9.98. The predicted molar refractivity (Wildman–Crippen MR) is 130 cm³/mol. The molecule has 0 atom stereocenters. The number of hydrogen-bond donors (Lipinski definition) is 3. The number of carbonyl (C=O) groups excluding carboxylic acids is 2. The van der Waals surface area contributed by atoms with Gasteiger partial charge in [-0.2, -0.15) is 0 Å². The third kappa shape index (κ3) is 6.30. The van der Waals surface area contributed by atoms with E-state index in [0.29, 0.717) is 5.11 Å². The fraction of sp³-hybridized carbons (Fsp3) is 0.429. The van der Waals surface area contributed by atoms with Gasteiger partial charge in [0, 0.05) is 49.9 Å². The molecule has 1 aliphatic heterocycles. The first-order valence-electron chi connectivity index (χ1n) is 10.4. The number of amides is 2. The molecule has 0 bridgehead atoms. The summed E-state index contributed by atoms with van der Waals surface area (Å²) >= 11 is 7.05. The molecule has 0 radical (unpaired) electrons. The van der Waals surface area contributed by atoms with Crippen LogP contribution >= 0.6 is 23.6 Å². The molecule has 2 heterocycles. The van der Waals surface area contributed by atoms with Crippen molar-refractivity contribution in [2.75, 3.05) is 44.0 Å². The molecule has 0 saturated carbocycles. The lowest BCUT2D eigenvalue weighted by Crippen LogP contribution is -2.42. The normalized spacial score (nSPS) is 13.9. The van der Waals surface area contributed by atoms with Gasteiger partial charge >= 0.3 is 6.09 Å². The fourth-order valence-electron chi connectivity index (χ4n) is 3.29. The maximum Gasteiger partial charge on any atom is 0.426 e. The summed E-state index contributed by atoms with van der Waals surface area (Å²) < 4.78 is 4.71.